The molecule has 1 rings (SSSR count). The van der Waals surface area contributed by atoms with Crippen molar-refractivity contribution in [3.63, 3.8) is 0 Å². The quantitative estimate of drug-likeness (QED) is 0.646. The maximum atomic E-state index is 10.3. The van der Waals surface area contributed by atoms with E-state index in [9.17, 15) is 4.79 Å². The van der Waals surface area contributed by atoms with Crippen LogP contribution in [-0.4, -0.2) is 11.3 Å². The van der Waals surface area contributed by atoms with Gasteiger partial charge in [-0.1, -0.05) is 20.3 Å². The maximum Gasteiger partial charge on any atom is 0.197 e. The Labute approximate surface area is 71.8 Å². The van der Waals surface area contributed by atoms with E-state index in [-0.39, 0.29) is 0 Å². The molecule has 3 heteroatoms. The maximum absolute atomic E-state index is 10.3. The monoisotopic (exact) mass is 167 g/mol. The third-order valence-electron chi connectivity index (χ3n) is 1.80. The standard InChI is InChI=1S/C9H13NO2/c1-3-4-7(2)9-10-8(5-11)6-12-9/h5-7H,3-4H2,1-2H3/t7-/m0/s1. The van der Waals surface area contributed by atoms with E-state index in [1.165, 1.54) is 6.26 Å². The van der Waals surface area contributed by atoms with Crippen molar-refractivity contribution < 1.29 is 9.21 Å². The second-order valence-electron chi connectivity index (χ2n) is 2.92. The van der Waals surface area contributed by atoms with Gasteiger partial charge in [-0.15, -0.1) is 0 Å². The summed E-state index contributed by atoms with van der Waals surface area (Å²) in [6.45, 7) is 4.16. The summed E-state index contributed by atoms with van der Waals surface area (Å²) in [6, 6.07) is 0. The molecule has 1 heterocycles. The Kier molecular flexibility index (Phi) is 3.02. The van der Waals surface area contributed by atoms with Crippen LogP contribution in [0.3, 0.4) is 0 Å². The molecule has 0 fully saturated rings. The fourth-order valence-electron chi connectivity index (χ4n) is 1.14. The van der Waals surface area contributed by atoms with Crippen molar-refractivity contribution in [1.82, 2.24) is 4.98 Å². The molecule has 1 aromatic heterocycles. The Bertz CT molecular complexity index is 255. The Hall–Kier alpha value is -1.12. The lowest BCUT2D eigenvalue weighted by Crippen LogP contribution is -1.93. The Morgan fingerprint density at radius 3 is 3.00 bits per heavy atom. The fraction of sp³-hybridized carbons (Fsp3) is 0.556. The van der Waals surface area contributed by atoms with Gasteiger partial charge in [0.1, 0.15) is 12.0 Å². The number of aldehydes is 1. The predicted octanol–water partition coefficient (Wildman–Crippen LogP) is 2.39. The zero-order valence-corrected chi connectivity index (χ0v) is 7.41. The molecule has 0 unspecified atom stereocenters. The van der Waals surface area contributed by atoms with Crippen LogP contribution < -0.4 is 0 Å². The minimum atomic E-state index is 0.309. The molecule has 0 aromatic carbocycles. The zero-order chi connectivity index (χ0) is 8.97. The predicted molar refractivity (Wildman–Crippen MR) is 45.2 cm³/mol. The van der Waals surface area contributed by atoms with Gasteiger partial charge in [0.25, 0.3) is 0 Å². The third kappa shape index (κ3) is 1.94. The lowest BCUT2D eigenvalue weighted by molar-refractivity contribution is 0.111. The molecule has 0 amide bonds. The molecule has 0 N–H and O–H groups in total. The highest BCUT2D eigenvalue weighted by molar-refractivity contribution is 5.70. The van der Waals surface area contributed by atoms with Crippen LogP contribution in [0, 0.1) is 0 Å². The summed E-state index contributed by atoms with van der Waals surface area (Å²) in [5.74, 6) is 0.975. The molecule has 0 aliphatic heterocycles. The van der Waals surface area contributed by atoms with Gasteiger partial charge in [0.05, 0.1) is 0 Å². The molecule has 0 aliphatic carbocycles. The van der Waals surface area contributed by atoms with E-state index in [1.807, 2.05) is 6.92 Å². The third-order valence-corrected chi connectivity index (χ3v) is 1.80. The molecule has 3 nitrogen and oxygen atoms in total. The summed E-state index contributed by atoms with van der Waals surface area (Å²) < 4.78 is 5.13. The van der Waals surface area contributed by atoms with Gasteiger partial charge in [0.15, 0.2) is 12.2 Å². The number of hydrogen-bond acceptors (Lipinski definition) is 3. The van der Waals surface area contributed by atoms with Crippen LogP contribution in [0.25, 0.3) is 0 Å². The Balaban J connectivity index is 2.67. The van der Waals surface area contributed by atoms with Gasteiger partial charge in [-0.05, 0) is 6.42 Å². The molecule has 0 aliphatic rings. The van der Waals surface area contributed by atoms with Gasteiger partial charge in [0.2, 0.25) is 0 Å². The number of aromatic nitrogens is 1. The summed E-state index contributed by atoms with van der Waals surface area (Å²) in [4.78, 5) is 14.3. The normalized spacial score (nSPS) is 12.8. The minimum absolute atomic E-state index is 0.309. The minimum Gasteiger partial charge on any atom is -0.448 e. The largest absolute Gasteiger partial charge is 0.448 e. The zero-order valence-electron chi connectivity index (χ0n) is 7.41. The molecular formula is C9H13NO2. The molecule has 0 saturated carbocycles. The smallest absolute Gasteiger partial charge is 0.197 e. The van der Waals surface area contributed by atoms with Crippen LogP contribution in [-0.2, 0) is 0 Å². The van der Waals surface area contributed by atoms with Gasteiger partial charge in [-0.2, -0.15) is 0 Å². The average Bonchev–Trinajstić information content (AvgIpc) is 2.52. The summed E-state index contributed by atoms with van der Waals surface area (Å²) in [5.41, 5.74) is 0.382. The molecule has 1 atom stereocenters. The lowest BCUT2D eigenvalue weighted by atomic mass is 10.1. The van der Waals surface area contributed by atoms with Crippen LogP contribution in [0.2, 0.25) is 0 Å². The first-order valence-corrected chi connectivity index (χ1v) is 4.18. The molecular weight excluding hydrogens is 154 g/mol. The number of rotatable bonds is 4. The van der Waals surface area contributed by atoms with Crippen molar-refractivity contribution in [1.29, 1.82) is 0 Å². The van der Waals surface area contributed by atoms with E-state index in [1.54, 1.807) is 0 Å². The first kappa shape index (κ1) is 8.97. The van der Waals surface area contributed by atoms with Crippen molar-refractivity contribution in [3.8, 4) is 0 Å². The number of hydrogen-bond donors (Lipinski definition) is 0. The highest BCUT2D eigenvalue weighted by atomic mass is 16.3. The van der Waals surface area contributed by atoms with E-state index < -0.39 is 0 Å². The van der Waals surface area contributed by atoms with Gasteiger partial charge < -0.3 is 4.42 Å². The van der Waals surface area contributed by atoms with Crippen molar-refractivity contribution in [2.24, 2.45) is 0 Å². The Morgan fingerprint density at radius 2 is 2.50 bits per heavy atom. The van der Waals surface area contributed by atoms with Crippen LogP contribution in [0.4, 0.5) is 0 Å². The first-order valence-electron chi connectivity index (χ1n) is 4.18. The van der Waals surface area contributed by atoms with Gasteiger partial charge in [-0.25, -0.2) is 4.98 Å². The molecule has 0 bridgehead atoms. The molecule has 66 valence electrons. The topological polar surface area (TPSA) is 43.1 Å². The summed E-state index contributed by atoms with van der Waals surface area (Å²) >= 11 is 0. The number of carbonyl (C=O) groups excluding carboxylic acids is 1. The van der Waals surface area contributed by atoms with Gasteiger partial charge in [-0.3, -0.25) is 4.79 Å². The van der Waals surface area contributed by atoms with Crippen LogP contribution in [0.15, 0.2) is 10.7 Å². The van der Waals surface area contributed by atoms with Crippen LogP contribution in [0.1, 0.15) is 49.0 Å². The number of nitrogens with zero attached hydrogens (tertiary/aromatic N) is 1. The van der Waals surface area contributed by atoms with Gasteiger partial charge in [0, 0.05) is 5.92 Å². The van der Waals surface area contributed by atoms with Crippen LogP contribution >= 0.6 is 0 Å². The summed E-state index contributed by atoms with van der Waals surface area (Å²) in [6.07, 6.45) is 4.24. The average molecular weight is 167 g/mol. The lowest BCUT2D eigenvalue weighted by Gasteiger charge is -2.02. The van der Waals surface area contributed by atoms with E-state index in [4.69, 9.17) is 4.42 Å². The van der Waals surface area contributed by atoms with E-state index in [2.05, 4.69) is 11.9 Å². The molecule has 1 aromatic rings. The second-order valence-corrected chi connectivity index (χ2v) is 2.92. The number of oxazole rings is 1. The van der Waals surface area contributed by atoms with Crippen molar-refractivity contribution in [2.75, 3.05) is 0 Å². The van der Waals surface area contributed by atoms with Crippen molar-refractivity contribution in [2.45, 2.75) is 32.6 Å². The molecule has 0 saturated heterocycles. The van der Waals surface area contributed by atoms with E-state index >= 15 is 0 Å². The highest BCUT2D eigenvalue weighted by Crippen LogP contribution is 2.18. The molecule has 0 spiro atoms. The van der Waals surface area contributed by atoms with Crippen molar-refractivity contribution >= 4 is 6.29 Å². The van der Waals surface area contributed by atoms with E-state index in [0.717, 1.165) is 12.8 Å². The first-order chi connectivity index (χ1) is 5.77. The molecule has 12 heavy (non-hydrogen) atoms. The summed E-state index contributed by atoms with van der Waals surface area (Å²) in [5, 5.41) is 0. The van der Waals surface area contributed by atoms with Crippen molar-refractivity contribution in [3.05, 3.63) is 17.8 Å². The highest BCUT2D eigenvalue weighted by Gasteiger charge is 2.10. The van der Waals surface area contributed by atoms with Crippen LogP contribution in [0.5, 0.6) is 0 Å². The SMILES string of the molecule is CCC[C@H](C)c1nc(C=O)co1. The molecule has 0 radical (unpaired) electrons. The fourth-order valence-corrected chi connectivity index (χ4v) is 1.14. The van der Waals surface area contributed by atoms with Gasteiger partial charge >= 0.3 is 0 Å². The van der Waals surface area contributed by atoms with E-state index in [0.29, 0.717) is 23.8 Å². The second kappa shape index (κ2) is 4.04. The Morgan fingerprint density at radius 1 is 1.75 bits per heavy atom. The number of carbonyl (C=O) groups is 1. The summed E-state index contributed by atoms with van der Waals surface area (Å²) in [7, 11) is 0.